The van der Waals surface area contributed by atoms with Gasteiger partial charge in [0.1, 0.15) is 6.33 Å². The summed E-state index contributed by atoms with van der Waals surface area (Å²) in [5.41, 5.74) is 0.951. The highest BCUT2D eigenvalue weighted by Gasteiger charge is 2.19. The minimum Gasteiger partial charge on any atom is -0.326 e. The van der Waals surface area contributed by atoms with Crippen molar-refractivity contribution >= 4 is 27.6 Å². The SMILES string of the molecule is CC(=O)Nc1ccc(C)c(S(=O)(=O)Nc2ncn[nH]2)c1. The number of carbonyl (C=O) groups excluding carboxylic acids is 1. The fourth-order valence-electron chi connectivity index (χ4n) is 1.61. The Morgan fingerprint density at radius 3 is 2.70 bits per heavy atom. The third-order valence-corrected chi connectivity index (χ3v) is 3.93. The summed E-state index contributed by atoms with van der Waals surface area (Å²) in [6.45, 7) is 3.01. The highest BCUT2D eigenvalue weighted by Crippen LogP contribution is 2.21. The molecule has 0 bridgehead atoms. The van der Waals surface area contributed by atoms with E-state index in [-0.39, 0.29) is 16.8 Å². The number of hydrogen-bond acceptors (Lipinski definition) is 5. The summed E-state index contributed by atoms with van der Waals surface area (Å²) in [5.74, 6) is -0.255. The molecule has 0 radical (unpaired) electrons. The molecular weight excluding hydrogens is 282 g/mol. The number of amides is 1. The fraction of sp³-hybridized carbons (Fsp3) is 0.182. The standard InChI is InChI=1S/C11H13N5O3S/c1-7-3-4-9(14-8(2)17)5-10(7)20(18,19)16-11-12-6-13-15-11/h3-6H,1-2H3,(H,14,17)(H2,12,13,15,16). The maximum Gasteiger partial charge on any atom is 0.264 e. The summed E-state index contributed by atoms with van der Waals surface area (Å²) in [7, 11) is -3.81. The molecule has 2 rings (SSSR count). The summed E-state index contributed by atoms with van der Waals surface area (Å²) in [5, 5.41) is 8.50. The lowest BCUT2D eigenvalue weighted by Crippen LogP contribution is -2.16. The lowest BCUT2D eigenvalue weighted by Gasteiger charge is -2.10. The molecule has 106 valence electrons. The quantitative estimate of drug-likeness (QED) is 0.773. The van der Waals surface area contributed by atoms with E-state index in [1.54, 1.807) is 19.1 Å². The predicted molar refractivity (Wildman–Crippen MR) is 72.7 cm³/mol. The molecule has 0 spiro atoms. The average Bonchev–Trinajstić information content (AvgIpc) is 2.82. The van der Waals surface area contributed by atoms with E-state index in [9.17, 15) is 13.2 Å². The van der Waals surface area contributed by atoms with Gasteiger partial charge in [0.05, 0.1) is 4.90 Å². The second-order valence-electron chi connectivity index (χ2n) is 4.10. The number of carbonyl (C=O) groups is 1. The summed E-state index contributed by atoms with van der Waals surface area (Å²) < 4.78 is 26.8. The second kappa shape index (κ2) is 5.29. The number of nitrogens with one attached hydrogen (secondary N) is 3. The normalized spacial score (nSPS) is 11.1. The zero-order chi connectivity index (χ0) is 14.8. The van der Waals surface area contributed by atoms with E-state index in [0.29, 0.717) is 11.3 Å². The molecule has 0 atom stereocenters. The van der Waals surface area contributed by atoms with Crippen LogP contribution in [0.2, 0.25) is 0 Å². The number of hydrogen-bond donors (Lipinski definition) is 3. The van der Waals surface area contributed by atoms with E-state index in [1.165, 1.54) is 19.3 Å². The zero-order valence-electron chi connectivity index (χ0n) is 10.8. The van der Waals surface area contributed by atoms with Crippen molar-refractivity contribution in [1.82, 2.24) is 15.2 Å². The molecule has 1 heterocycles. The van der Waals surface area contributed by atoms with Crippen LogP contribution in [0.3, 0.4) is 0 Å². The summed E-state index contributed by atoms with van der Waals surface area (Å²) >= 11 is 0. The number of sulfonamides is 1. The van der Waals surface area contributed by atoms with Crippen LogP contribution in [0.5, 0.6) is 0 Å². The van der Waals surface area contributed by atoms with Crippen LogP contribution in [-0.4, -0.2) is 29.5 Å². The molecule has 0 aliphatic carbocycles. The van der Waals surface area contributed by atoms with Gasteiger partial charge in [-0.25, -0.2) is 18.2 Å². The lowest BCUT2D eigenvalue weighted by atomic mass is 10.2. The molecule has 3 N–H and O–H groups in total. The number of aromatic amines is 1. The summed E-state index contributed by atoms with van der Waals surface area (Å²) in [4.78, 5) is 14.8. The third-order valence-electron chi connectivity index (χ3n) is 2.44. The smallest absolute Gasteiger partial charge is 0.264 e. The lowest BCUT2D eigenvalue weighted by molar-refractivity contribution is -0.114. The fourth-order valence-corrected chi connectivity index (χ4v) is 2.84. The molecule has 1 aromatic heterocycles. The van der Waals surface area contributed by atoms with Gasteiger partial charge in [0.15, 0.2) is 0 Å². The van der Waals surface area contributed by atoms with Gasteiger partial charge in [0.25, 0.3) is 10.0 Å². The molecule has 0 aliphatic heterocycles. The van der Waals surface area contributed by atoms with Crippen molar-refractivity contribution < 1.29 is 13.2 Å². The van der Waals surface area contributed by atoms with Gasteiger partial charge in [-0.2, -0.15) is 10.1 Å². The van der Waals surface area contributed by atoms with Crippen LogP contribution in [0, 0.1) is 6.92 Å². The van der Waals surface area contributed by atoms with Gasteiger partial charge in [-0.05, 0) is 24.6 Å². The van der Waals surface area contributed by atoms with Crippen molar-refractivity contribution in [2.75, 3.05) is 10.0 Å². The predicted octanol–water partition coefficient (Wildman–Crippen LogP) is 0.872. The monoisotopic (exact) mass is 295 g/mol. The number of aromatic nitrogens is 3. The number of rotatable bonds is 4. The molecule has 0 unspecified atom stereocenters. The maximum absolute atomic E-state index is 12.2. The van der Waals surface area contributed by atoms with Gasteiger partial charge in [-0.1, -0.05) is 6.07 Å². The van der Waals surface area contributed by atoms with Crippen molar-refractivity contribution in [1.29, 1.82) is 0 Å². The van der Waals surface area contributed by atoms with E-state index < -0.39 is 10.0 Å². The minimum absolute atomic E-state index is 0.0225. The van der Waals surface area contributed by atoms with Gasteiger partial charge in [0, 0.05) is 12.6 Å². The van der Waals surface area contributed by atoms with Crippen LogP contribution in [0.15, 0.2) is 29.4 Å². The van der Waals surface area contributed by atoms with Crippen molar-refractivity contribution in [3.63, 3.8) is 0 Å². The van der Waals surface area contributed by atoms with Gasteiger partial charge < -0.3 is 5.32 Å². The summed E-state index contributed by atoms with van der Waals surface area (Å²) in [6, 6.07) is 4.62. The topological polar surface area (TPSA) is 117 Å². The Kier molecular flexibility index (Phi) is 3.70. The van der Waals surface area contributed by atoms with E-state index in [0.717, 1.165) is 0 Å². The molecule has 8 nitrogen and oxygen atoms in total. The van der Waals surface area contributed by atoms with E-state index in [2.05, 4.69) is 25.2 Å². The van der Waals surface area contributed by atoms with Crippen molar-refractivity contribution in [3.8, 4) is 0 Å². The van der Waals surface area contributed by atoms with Gasteiger partial charge >= 0.3 is 0 Å². The van der Waals surface area contributed by atoms with Gasteiger partial charge in [-0.3, -0.25) is 4.79 Å². The van der Waals surface area contributed by atoms with Crippen LogP contribution >= 0.6 is 0 Å². The molecule has 1 amide bonds. The van der Waals surface area contributed by atoms with Crippen LogP contribution in [-0.2, 0) is 14.8 Å². The Labute approximate surface area is 115 Å². The molecular formula is C11H13N5O3S. The van der Waals surface area contributed by atoms with Crippen molar-refractivity contribution in [2.45, 2.75) is 18.7 Å². The zero-order valence-corrected chi connectivity index (χ0v) is 11.7. The van der Waals surface area contributed by atoms with Crippen LogP contribution in [0.25, 0.3) is 0 Å². The number of aryl methyl sites for hydroxylation is 1. The number of H-pyrrole nitrogens is 1. The van der Waals surface area contributed by atoms with E-state index in [1.807, 2.05) is 0 Å². The third kappa shape index (κ3) is 3.12. The molecule has 0 saturated carbocycles. The first-order valence-electron chi connectivity index (χ1n) is 5.65. The summed E-state index contributed by atoms with van der Waals surface area (Å²) in [6.07, 6.45) is 1.19. The van der Waals surface area contributed by atoms with Crippen LogP contribution < -0.4 is 10.0 Å². The van der Waals surface area contributed by atoms with Gasteiger partial charge in [-0.15, -0.1) is 0 Å². The first-order valence-corrected chi connectivity index (χ1v) is 7.13. The number of nitrogens with zero attached hydrogens (tertiary/aromatic N) is 2. The Bertz CT molecular complexity index is 725. The molecule has 1 aromatic carbocycles. The van der Waals surface area contributed by atoms with Crippen molar-refractivity contribution in [2.24, 2.45) is 0 Å². The molecule has 20 heavy (non-hydrogen) atoms. The number of anilines is 2. The molecule has 9 heteroatoms. The minimum atomic E-state index is -3.81. The molecule has 0 saturated heterocycles. The Morgan fingerprint density at radius 2 is 2.10 bits per heavy atom. The van der Waals surface area contributed by atoms with Crippen molar-refractivity contribution in [3.05, 3.63) is 30.1 Å². The second-order valence-corrected chi connectivity index (χ2v) is 5.75. The highest BCUT2D eigenvalue weighted by molar-refractivity contribution is 7.92. The largest absolute Gasteiger partial charge is 0.326 e. The molecule has 0 aliphatic rings. The molecule has 0 fully saturated rings. The van der Waals surface area contributed by atoms with E-state index >= 15 is 0 Å². The average molecular weight is 295 g/mol. The highest BCUT2D eigenvalue weighted by atomic mass is 32.2. The van der Waals surface area contributed by atoms with Crippen LogP contribution in [0.4, 0.5) is 11.6 Å². The Balaban J connectivity index is 2.37. The first kappa shape index (κ1) is 14.0. The molecule has 2 aromatic rings. The Hall–Kier alpha value is -2.42. The van der Waals surface area contributed by atoms with Crippen LogP contribution in [0.1, 0.15) is 12.5 Å². The Morgan fingerprint density at radius 1 is 1.35 bits per heavy atom. The number of benzene rings is 1. The first-order chi connectivity index (χ1) is 9.38. The maximum atomic E-state index is 12.2. The van der Waals surface area contributed by atoms with E-state index in [4.69, 9.17) is 0 Å². The van der Waals surface area contributed by atoms with Gasteiger partial charge in [0.2, 0.25) is 11.9 Å².